The molecule has 20 heavy (non-hydrogen) atoms. The van der Waals surface area contributed by atoms with E-state index in [1.165, 1.54) is 7.11 Å². The predicted molar refractivity (Wildman–Crippen MR) is 73.2 cm³/mol. The van der Waals surface area contributed by atoms with Gasteiger partial charge in [-0.05, 0) is 19.3 Å². The van der Waals surface area contributed by atoms with Gasteiger partial charge >= 0.3 is 5.97 Å². The minimum atomic E-state index is -0.253. The number of carbonyl (C=O) groups excluding carboxylic acids is 2. The predicted octanol–water partition coefficient (Wildman–Crippen LogP) is 0.261. The molecule has 2 heterocycles. The highest BCUT2D eigenvalue weighted by molar-refractivity contribution is 5.78. The summed E-state index contributed by atoms with van der Waals surface area (Å²) >= 11 is 0. The van der Waals surface area contributed by atoms with Crippen molar-refractivity contribution in [3.8, 4) is 0 Å². The van der Waals surface area contributed by atoms with Gasteiger partial charge in [-0.2, -0.15) is 0 Å². The Bertz CT molecular complexity index is 361. The Hall–Kier alpha value is -1.14. The van der Waals surface area contributed by atoms with Crippen LogP contribution < -0.4 is 0 Å². The first-order chi connectivity index (χ1) is 9.65. The molecule has 6 heteroatoms. The van der Waals surface area contributed by atoms with Gasteiger partial charge in [0.1, 0.15) is 6.04 Å². The number of piperidine rings is 1. The molecule has 2 fully saturated rings. The number of nitrogens with zero attached hydrogens (tertiary/aromatic N) is 2. The lowest BCUT2D eigenvalue weighted by Crippen LogP contribution is -2.51. The molecule has 6 nitrogen and oxygen atoms in total. The highest BCUT2D eigenvalue weighted by Gasteiger charge is 2.34. The van der Waals surface area contributed by atoms with Gasteiger partial charge in [-0.1, -0.05) is 0 Å². The van der Waals surface area contributed by atoms with Crippen LogP contribution in [0.3, 0.4) is 0 Å². The highest BCUT2D eigenvalue weighted by atomic mass is 16.5. The van der Waals surface area contributed by atoms with Gasteiger partial charge in [-0.15, -0.1) is 0 Å². The molecule has 0 radical (unpaired) electrons. The Balaban J connectivity index is 1.90. The topological polar surface area (TPSA) is 59.1 Å². The summed E-state index contributed by atoms with van der Waals surface area (Å²) in [6.45, 7) is 3.07. The van der Waals surface area contributed by atoms with Crippen LogP contribution in [0.5, 0.6) is 0 Å². The minimum absolute atomic E-state index is 0.115. The summed E-state index contributed by atoms with van der Waals surface area (Å²) in [4.78, 5) is 27.5. The number of carbonyl (C=O) groups is 2. The first kappa shape index (κ1) is 15.3. The van der Waals surface area contributed by atoms with Gasteiger partial charge < -0.3 is 14.4 Å². The number of esters is 1. The fraction of sp³-hybridized carbons (Fsp3) is 0.857. The molecule has 0 unspecified atom stereocenters. The maximum atomic E-state index is 11.9. The fourth-order valence-electron chi connectivity index (χ4n) is 3.03. The molecule has 0 bridgehead atoms. The van der Waals surface area contributed by atoms with E-state index < -0.39 is 0 Å². The first-order valence-electron chi connectivity index (χ1n) is 7.28. The van der Waals surface area contributed by atoms with Crippen molar-refractivity contribution in [1.29, 1.82) is 0 Å². The molecule has 0 aromatic carbocycles. The summed E-state index contributed by atoms with van der Waals surface area (Å²) in [6.07, 6.45) is 3.30. The number of rotatable bonds is 5. The first-order valence-corrected chi connectivity index (χ1v) is 7.28. The number of hydrogen-bond acceptors (Lipinski definition) is 5. The van der Waals surface area contributed by atoms with E-state index in [0.717, 1.165) is 32.5 Å². The molecule has 0 spiro atoms. The molecule has 2 aliphatic rings. The van der Waals surface area contributed by atoms with Crippen molar-refractivity contribution in [1.82, 2.24) is 9.80 Å². The van der Waals surface area contributed by atoms with Crippen molar-refractivity contribution in [2.24, 2.45) is 0 Å². The van der Waals surface area contributed by atoms with Gasteiger partial charge in [-0.25, -0.2) is 0 Å². The molecule has 2 saturated heterocycles. The quantitative estimate of drug-likeness (QED) is 0.678. The van der Waals surface area contributed by atoms with Crippen molar-refractivity contribution in [3.63, 3.8) is 0 Å². The number of hydrogen-bond donors (Lipinski definition) is 0. The third kappa shape index (κ3) is 3.49. The molecular formula is C14H24N2O4. The summed E-state index contributed by atoms with van der Waals surface area (Å²) in [5.74, 6) is 0.0193. The molecule has 1 amide bonds. The smallest absolute Gasteiger partial charge is 0.323 e. The molecule has 0 N–H and O–H groups in total. The second-order valence-electron chi connectivity index (χ2n) is 5.44. The van der Waals surface area contributed by atoms with Crippen LogP contribution in [0.1, 0.15) is 25.7 Å². The van der Waals surface area contributed by atoms with Crippen LogP contribution in [0.25, 0.3) is 0 Å². The van der Waals surface area contributed by atoms with Gasteiger partial charge in [0.05, 0.1) is 13.2 Å². The van der Waals surface area contributed by atoms with Crippen molar-refractivity contribution >= 4 is 11.9 Å². The van der Waals surface area contributed by atoms with Crippen LogP contribution in [0.15, 0.2) is 0 Å². The Morgan fingerprint density at radius 2 is 2.10 bits per heavy atom. The van der Waals surface area contributed by atoms with Gasteiger partial charge in [0.25, 0.3) is 0 Å². The number of likely N-dealkylation sites (tertiary alicyclic amines) is 2. The normalized spacial score (nSPS) is 27.9. The zero-order valence-electron chi connectivity index (χ0n) is 12.3. The van der Waals surface area contributed by atoms with Crippen molar-refractivity contribution in [3.05, 3.63) is 0 Å². The molecule has 2 rings (SSSR count). The number of ether oxygens (including phenoxy) is 2. The molecule has 0 saturated carbocycles. The van der Waals surface area contributed by atoms with Gasteiger partial charge in [0.15, 0.2) is 0 Å². The summed E-state index contributed by atoms with van der Waals surface area (Å²) in [5.41, 5.74) is 0. The maximum absolute atomic E-state index is 11.9. The highest BCUT2D eigenvalue weighted by Crippen LogP contribution is 2.21. The lowest BCUT2D eigenvalue weighted by molar-refractivity contribution is -0.150. The summed E-state index contributed by atoms with van der Waals surface area (Å²) in [5, 5.41) is 0. The van der Waals surface area contributed by atoms with E-state index in [1.54, 1.807) is 7.11 Å². The molecule has 0 aromatic rings. The van der Waals surface area contributed by atoms with E-state index in [4.69, 9.17) is 9.47 Å². The third-order valence-corrected chi connectivity index (χ3v) is 4.30. The third-order valence-electron chi connectivity index (χ3n) is 4.30. The Morgan fingerprint density at radius 1 is 1.30 bits per heavy atom. The molecule has 0 aromatic heterocycles. The largest absolute Gasteiger partial charge is 0.468 e. The molecule has 2 aliphatic heterocycles. The Morgan fingerprint density at radius 3 is 2.70 bits per heavy atom. The molecule has 0 aliphatic carbocycles. The van der Waals surface area contributed by atoms with Crippen molar-refractivity contribution in [2.45, 2.75) is 37.8 Å². The van der Waals surface area contributed by atoms with Crippen LogP contribution in [0.2, 0.25) is 0 Å². The standard InChI is InChI=1S/C14H24N2O4/c1-19-11-5-7-15(12(10-11)14(18)20-2)8-9-16-6-3-4-13(16)17/h11-12H,3-10H2,1-2H3/t11-,12+/m1/s1. The van der Waals surface area contributed by atoms with E-state index >= 15 is 0 Å². The van der Waals surface area contributed by atoms with E-state index in [2.05, 4.69) is 4.90 Å². The molecule has 114 valence electrons. The van der Waals surface area contributed by atoms with Gasteiger partial charge in [0.2, 0.25) is 5.91 Å². The van der Waals surface area contributed by atoms with Gasteiger partial charge in [-0.3, -0.25) is 14.5 Å². The van der Waals surface area contributed by atoms with E-state index in [9.17, 15) is 9.59 Å². The fourth-order valence-corrected chi connectivity index (χ4v) is 3.03. The SMILES string of the molecule is COC(=O)[C@@H]1C[C@H](OC)CCN1CCN1CCCC1=O. The minimum Gasteiger partial charge on any atom is -0.468 e. The Kier molecular flexibility index (Phi) is 5.37. The van der Waals surface area contributed by atoms with E-state index in [1.807, 2.05) is 4.90 Å². The van der Waals surface area contributed by atoms with Crippen LogP contribution in [0, 0.1) is 0 Å². The molecule has 2 atom stereocenters. The summed E-state index contributed by atoms with van der Waals surface area (Å²) in [7, 11) is 3.10. The summed E-state index contributed by atoms with van der Waals surface area (Å²) < 4.78 is 10.2. The maximum Gasteiger partial charge on any atom is 0.323 e. The second-order valence-corrected chi connectivity index (χ2v) is 5.44. The average molecular weight is 284 g/mol. The van der Waals surface area contributed by atoms with Crippen LogP contribution >= 0.6 is 0 Å². The zero-order chi connectivity index (χ0) is 14.5. The Labute approximate surface area is 120 Å². The second kappa shape index (κ2) is 7.04. The van der Waals surface area contributed by atoms with Crippen molar-refractivity contribution in [2.75, 3.05) is 40.4 Å². The van der Waals surface area contributed by atoms with Crippen LogP contribution in [-0.2, 0) is 19.1 Å². The average Bonchev–Trinajstić information content (AvgIpc) is 2.89. The zero-order valence-corrected chi connectivity index (χ0v) is 12.3. The lowest BCUT2D eigenvalue weighted by Gasteiger charge is -2.37. The van der Waals surface area contributed by atoms with Crippen molar-refractivity contribution < 1.29 is 19.1 Å². The van der Waals surface area contributed by atoms with Gasteiger partial charge in [0, 0.05) is 39.7 Å². The molecular weight excluding hydrogens is 260 g/mol. The van der Waals surface area contributed by atoms with E-state index in [-0.39, 0.29) is 24.0 Å². The monoisotopic (exact) mass is 284 g/mol. The van der Waals surface area contributed by atoms with Crippen LogP contribution in [0.4, 0.5) is 0 Å². The summed E-state index contributed by atoms with van der Waals surface area (Å²) in [6, 6.07) is -0.253. The lowest BCUT2D eigenvalue weighted by atomic mass is 9.99. The number of amides is 1. The van der Waals surface area contributed by atoms with E-state index in [0.29, 0.717) is 19.4 Å². The number of methoxy groups -OCH3 is 2. The van der Waals surface area contributed by atoms with Crippen LogP contribution in [-0.4, -0.2) is 74.2 Å².